The van der Waals surface area contributed by atoms with Crippen LogP contribution in [0.15, 0.2) is 42.7 Å². The quantitative estimate of drug-likeness (QED) is 0.829. The number of nitrogens with zero attached hydrogens (tertiary/aromatic N) is 3. The molecule has 2 heterocycles. The first-order valence-corrected chi connectivity index (χ1v) is 9.02. The molecular formula is C19H25N5O2. The third-order valence-electron chi connectivity index (χ3n) is 4.36. The Labute approximate surface area is 153 Å². The molecular weight excluding hydrogens is 330 g/mol. The number of carbonyl (C=O) groups excluding carboxylic acids is 1. The number of hydrogen-bond donors (Lipinski definition) is 2. The third kappa shape index (κ3) is 5.08. The molecule has 0 saturated carbocycles. The molecule has 0 atom stereocenters. The fourth-order valence-corrected chi connectivity index (χ4v) is 2.95. The number of rotatable bonds is 6. The third-order valence-corrected chi connectivity index (χ3v) is 4.36. The van der Waals surface area contributed by atoms with Crippen LogP contribution in [-0.4, -0.2) is 46.7 Å². The molecule has 1 amide bonds. The van der Waals surface area contributed by atoms with E-state index in [1.165, 1.54) is 5.56 Å². The number of hydrogen-bond acceptors (Lipinski definition) is 6. The average Bonchev–Trinajstić information content (AvgIpc) is 2.68. The minimum absolute atomic E-state index is 0.222. The predicted octanol–water partition coefficient (Wildman–Crippen LogP) is 3.12. The lowest BCUT2D eigenvalue weighted by Crippen LogP contribution is -2.42. The maximum atomic E-state index is 11.8. The number of aromatic nitrogens is 2. The molecule has 1 saturated heterocycles. The molecule has 3 rings (SSSR count). The fourth-order valence-electron chi connectivity index (χ4n) is 2.95. The minimum Gasteiger partial charge on any atom is -0.450 e. The van der Waals surface area contributed by atoms with Gasteiger partial charge in [-0.25, -0.2) is 14.8 Å². The van der Waals surface area contributed by atoms with Gasteiger partial charge in [0.15, 0.2) is 0 Å². The first kappa shape index (κ1) is 18.0. The van der Waals surface area contributed by atoms with Crippen LogP contribution in [0.2, 0.25) is 0 Å². The van der Waals surface area contributed by atoms with E-state index in [2.05, 4.69) is 32.7 Å². The van der Waals surface area contributed by atoms with Gasteiger partial charge in [-0.15, -0.1) is 0 Å². The number of anilines is 2. The SMILES string of the molecule is CCOC(=O)N1CCC(Nc2cc(NCc3ccccc3)ncn2)CC1. The topological polar surface area (TPSA) is 79.4 Å². The Morgan fingerprint density at radius 1 is 1.19 bits per heavy atom. The van der Waals surface area contributed by atoms with Crippen LogP contribution in [0, 0.1) is 0 Å². The van der Waals surface area contributed by atoms with Gasteiger partial charge in [-0.1, -0.05) is 30.3 Å². The van der Waals surface area contributed by atoms with Gasteiger partial charge in [-0.3, -0.25) is 0 Å². The standard InChI is InChI=1S/C19H25N5O2/c1-2-26-19(25)24-10-8-16(9-11-24)23-18-12-17(21-14-22-18)20-13-15-6-4-3-5-7-15/h3-7,12,14,16H,2,8-11,13H2,1H3,(H2,20,21,22,23). The Kier molecular flexibility index (Phi) is 6.24. The molecule has 2 N–H and O–H groups in total. The Hall–Kier alpha value is -2.83. The van der Waals surface area contributed by atoms with E-state index < -0.39 is 0 Å². The normalized spacial score (nSPS) is 14.7. The van der Waals surface area contributed by atoms with Crippen molar-refractivity contribution in [2.45, 2.75) is 32.4 Å². The molecule has 1 aromatic heterocycles. The van der Waals surface area contributed by atoms with Crippen LogP contribution in [0.4, 0.5) is 16.4 Å². The lowest BCUT2D eigenvalue weighted by atomic mass is 10.1. The van der Waals surface area contributed by atoms with Crippen molar-refractivity contribution in [3.05, 3.63) is 48.3 Å². The van der Waals surface area contributed by atoms with Crippen LogP contribution in [0.1, 0.15) is 25.3 Å². The molecule has 1 fully saturated rings. The molecule has 0 aliphatic carbocycles. The van der Waals surface area contributed by atoms with E-state index >= 15 is 0 Å². The Balaban J connectivity index is 1.49. The first-order chi connectivity index (χ1) is 12.7. The van der Waals surface area contributed by atoms with Crippen LogP contribution >= 0.6 is 0 Å². The Morgan fingerprint density at radius 2 is 1.92 bits per heavy atom. The summed E-state index contributed by atoms with van der Waals surface area (Å²) in [4.78, 5) is 22.1. The molecule has 138 valence electrons. The summed E-state index contributed by atoms with van der Waals surface area (Å²) < 4.78 is 5.05. The zero-order valence-electron chi connectivity index (χ0n) is 15.0. The van der Waals surface area contributed by atoms with Crippen molar-refractivity contribution in [1.29, 1.82) is 0 Å². The van der Waals surface area contributed by atoms with E-state index in [1.54, 1.807) is 11.2 Å². The van der Waals surface area contributed by atoms with Gasteiger partial charge in [0.05, 0.1) is 6.61 Å². The highest BCUT2D eigenvalue weighted by molar-refractivity contribution is 5.67. The molecule has 1 aliphatic rings. The van der Waals surface area contributed by atoms with Crippen molar-refractivity contribution in [3.8, 4) is 0 Å². The van der Waals surface area contributed by atoms with E-state index in [0.717, 1.165) is 31.0 Å². The van der Waals surface area contributed by atoms with Crippen molar-refractivity contribution >= 4 is 17.7 Å². The maximum Gasteiger partial charge on any atom is 0.409 e. The predicted molar refractivity (Wildman–Crippen MR) is 101 cm³/mol. The van der Waals surface area contributed by atoms with Gasteiger partial charge in [-0.05, 0) is 25.3 Å². The molecule has 2 aromatic rings. The average molecular weight is 355 g/mol. The van der Waals surface area contributed by atoms with Crippen LogP contribution in [0.3, 0.4) is 0 Å². The summed E-state index contributed by atoms with van der Waals surface area (Å²) in [6.07, 6.45) is 3.08. The van der Waals surface area contributed by atoms with Crippen molar-refractivity contribution in [2.24, 2.45) is 0 Å². The molecule has 0 spiro atoms. The molecule has 1 aromatic carbocycles. The molecule has 0 radical (unpaired) electrons. The molecule has 0 bridgehead atoms. The van der Waals surface area contributed by atoms with Gasteiger partial charge in [0.25, 0.3) is 0 Å². The van der Waals surface area contributed by atoms with Crippen molar-refractivity contribution < 1.29 is 9.53 Å². The first-order valence-electron chi connectivity index (χ1n) is 9.02. The van der Waals surface area contributed by atoms with Gasteiger partial charge < -0.3 is 20.3 Å². The zero-order chi connectivity index (χ0) is 18.2. The second kappa shape index (κ2) is 9.03. The van der Waals surface area contributed by atoms with Crippen LogP contribution in [-0.2, 0) is 11.3 Å². The summed E-state index contributed by atoms with van der Waals surface area (Å²) in [6, 6.07) is 12.4. The van der Waals surface area contributed by atoms with Gasteiger partial charge >= 0.3 is 6.09 Å². The Morgan fingerprint density at radius 3 is 2.65 bits per heavy atom. The highest BCUT2D eigenvalue weighted by atomic mass is 16.6. The van der Waals surface area contributed by atoms with Crippen LogP contribution in [0.25, 0.3) is 0 Å². The lowest BCUT2D eigenvalue weighted by molar-refractivity contribution is 0.0983. The Bertz CT molecular complexity index is 702. The molecule has 0 unspecified atom stereocenters. The van der Waals surface area contributed by atoms with Crippen LogP contribution in [0.5, 0.6) is 0 Å². The van der Waals surface area contributed by atoms with E-state index in [4.69, 9.17) is 4.74 Å². The molecule has 26 heavy (non-hydrogen) atoms. The maximum absolute atomic E-state index is 11.8. The summed E-state index contributed by atoms with van der Waals surface area (Å²) in [5, 5.41) is 6.76. The van der Waals surface area contributed by atoms with Crippen molar-refractivity contribution in [3.63, 3.8) is 0 Å². The fraction of sp³-hybridized carbons (Fsp3) is 0.421. The highest BCUT2D eigenvalue weighted by Gasteiger charge is 2.23. The van der Waals surface area contributed by atoms with Crippen molar-refractivity contribution in [1.82, 2.24) is 14.9 Å². The highest BCUT2D eigenvalue weighted by Crippen LogP contribution is 2.17. The van der Waals surface area contributed by atoms with Crippen molar-refractivity contribution in [2.75, 3.05) is 30.3 Å². The van der Waals surface area contributed by atoms with E-state index in [9.17, 15) is 4.79 Å². The number of amides is 1. The number of piperidine rings is 1. The summed E-state index contributed by atoms with van der Waals surface area (Å²) in [5.74, 6) is 1.58. The molecule has 1 aliphatic heterocycles. The summed E-state index contributed by atoms with van der Waals surface area (Å²) in [6.45, 7) is 4.35. The summed E-state index contributed by atoms with van der Waals surface area (Å²) >= 11 is 0. The number of likely N-dealkylation sites (tertiary alicyclic amines) is 1. The van der Waals surface area contributed by atoms with Gasteiger partial charge in [0.1, 0.15) is 18.0 Å². The van der Waals surface area contributed by atoms with Gasteiger partial charge in [-0.2, -0.15) is 0 Å². The zero-order valence-corrected chi connectivity index (χ0v) is 15.0. The number of nitrogens with one attached hydrogen (secondary N) is 2. The second-order valence-corrected chi connectivity index (χ2v) is 6.23. The second-order valence-electron chi connectivity index (χ2n) is 6.23. The number of carbonyl (C=O) groups is 1. The number of benzene rings is 1. The molecule has 7 heteroatoms. The summed E-state index contributed by atoms with van der Waals surface area (Å²) in [7, 11) is 0. The van der Waals surface area contributed by atoms with Gasteiger partial charge in [0.2, 0.25) is 0 Å². The smallest absolute Gasteiger partial charge is 0.409 e. The monoisotopic (exact) mass is 355 g/mol. The minimum atomic E-state index is -0.222. The summed E-state index contributed by atoms with van der Waals surface area (Å²) in [5.41, 5.74) is 1.20. The number of ether oxygens (including phenoxy) is 1. The molecule has 7 nitrogen and oxygen atoms in total. The van der Waals surface area contributed by atoms with Gasteiger partial charge in [0, 0.05) is 31.7 Å². The largest absolute Gasteiger partial charge is 0.450 e. The van der Waals surface area contributed by atoms with Crippen LogP contribution < -0.4 is 10.6 Å². The van der Waals surface area contributed by atoms with E-state index in [0.29, 0.717) is 19.7 Å². The van der Waals surface area contributed by atoms with E-state index in [-0.39, 0.29) is 12.1 Å². The van der Waals surface area contributed by atoms with E-state index in [1.807, 2.05) is 31.2 Å². The lowest BCUT2D eigenvalue weighted by Gasteiger charge is -2.31.